The minimum atomic E-state index is -0.816. The molecule has 1 aliphatic carbocycles. The van der Waals surface area contributed by atoms with E-state index in [2.05, 4.69) is 12.1 Å². The highest BCUT2D eigenvalue weighted by Crippen LogP contribution is 2.48. The van der Waals surface area contributed by atoms with Gasteiger partial charge in [-0.2, -0.15) is 0 Å². The molecule has 1 aromatic rings. The molecule has 24 heavy (non-hydrogen) atoms. The largest absolute Gasteiger partial charge is 0.459 e. The van der Waals surface area contributed by atoms with Gasteiger partial charge in [-0.15, -0.1) is 0 Å². The second kappa shape index (κ2) is 7.03. The van der Waals surface area contributed by atoms with E-state index in [1.54, 1.807) is 6.92 Å². The van der Waals surface area contributed by atoms with E-state index in [0.717, 1.165) is 6.42 Å². The van der Waals surface area contributed by atoms with Crippen molar-refractivity contribution in [2.24, 2.45) is 5.92 Å². The van der Waals surface area contributed by atoms with Gasteiger partial charge in [0.15, 0.2) is 0 Å². The van der Waals surface area contributed by atoms with Crippen LogP contribution in [0.1, 0.15) is 24.8 Å². The highest BCUT2D eigenvalue weighted by molar-refractivity contribution is 6.32. The van der Waals surface area contributed by atoms with Crippen LogP contribution in [0.25, 0.3) is 0 Å². The molecule has 128 valence electrons. The maximum absolute atomic E-state index is 12.6. The molecule has 1 aromatic carbocycles. The van der Waals surface area contributed by atoms with Gasteiger partial charge in [-0.05, 0) is 24.8 Å². The number of hydrogen-bond donors (Lipinski definition) is 0. The molecule has 2 aliphatic rings. The zero-order chi connectivity index (χ0) is 17.1. The first kappa shape index (κ1) is 16.5. The molecule has 1 heterocycles. The lowest BCUT2D eigenvalue weighted by Gasteiger charge is -2.34. The third-order valence-electron chi connectivity index (χ3n) is 4.66. The third kappa shape index (κ3) is 3.42. The smallest absolute Gasteiger partial charge is 0.397 e. The average Bonchev–Trinajstić information content (AvgIpc) is 3.42. The summed E-state index contributed by atoms with van der Waals surface area (Å²) in [5.74, 6) is -0.897. The van der Waals surface area contributed by atoms with Crippen LogP contribution in [0.4, 0.5) is 0 Å². The zero-order valence-corrected chi connectivity index (χ0v) is 13.8. The molecule has 0 unspecified atom stereocenters. The molecule has 0 spiro atoms. The Hall–Kier alpha value is -2.37. The number of piperazine rings is 1. The van der Waals surface area contributed by atoms with Gasteiger partial charge in [0.2, 0.25) is 5.91 Å². The van der Waals surface area contributed by atoms with E-state index in [-0.39, 0.29) is 18.4 Å². The second-order valence-electron chi connectivity index (χ2n) is 6.20. The first-order valence-electron chi connectivity index (χ1n) is 8.41. The molecule has 2 fully saturated rings. The predicted molar refractivity (Wildman–Crippen MR) is 87.1 cm³/mol. The summed E-state index contributed by atoms with van der Waals surface area (Å²) >= 11 is 0. The number of amides is 2. The lowest BCUT2D eigenvalue weighted by Crippen LogP contribution is -2.52. The predicted octanol–water partition coefficient (Wildman–Crippen LogP) is 1.02. The standard InChI is InChI=1S/C18H22N2O4/c1-2-24-18(23)17(22)20-10-8-19(9-11-20)16(21)15-12-14(15)13-6-4-3-5-7-13/h3-7,14-15H,2,8-12H2,1H3/t14-,15-/m1/s1. The summed E-state index contributed by atoms with van der Waals surface area (Å²) in [6.07, 6.45) is 0.894. The normalized spacial score (nSPS) is 22.9. The minimum Gasteiger partial charge on any atom is -0.459 e. The van der Waals surface area contributed by atoms with Crippen molar-refractivity contribution in [3.8, 4) is 0 Å². The van der Waals surface area contributed by atoms with Crippen LogP contribution in [0.15, 0.2) is 30.3 Å². The Balaban J connectivity index is 1.50. The third-order valence-corrected chi connectivity index (χ3v) is 4.66. The Morgan fingerprint density at radius 3 is 2.29 bits per heavy atom. The van der Waals surface area contributed by atoms with E-state index in [0.29, 0.717) is 32.1 Å². The number of benzene rings is 1. The molecule has 2 amide bonds. The van der Waals surface area contributed by atoms with Crippen molar-refractivity contribution in [3.05, 3.63) is 35.9 Å². The van der Waals surface area contributed by atoms with Crippen molar-refractivity contribution in [3.63, 3.8) is 0 Å². The highest BCUT2D eigenvalue weighted by atomic mass is 16.5. The molecule has 0 radical (unpaired) electrons. The first-order chi connectivity index (χ1) is 11.6. The van der Waals surface area contributed by atoms with Gasteiger partial charge in [-0.1, -0.05) is 30.3 Å². The van der Waals surface area contributed by atoms with Crippen LogP contribution in [-0.2, 0) is 19.1 Å². The molecule has 2 atom stereocenters. The van der Waals surface area contributed by atoms with Crippen LogP contribution in [0.5, 0.6) is 0 Å². The van der Waals surface area contributed by atoms with Gasteiger partial charge in [0.1, 0.15) is 0 Å². The van der Waals surface area contributed by atoms with Crippen molar-refractivity contribution in [2.45, 2.75) is 19.3 Å². The summed E-state index contributed by atoms with van der Waals surface area (Å²) in [5.41, 5.74) is 1.21. The van der Waals surface area contributed by atoms with Gasteiger partial charge in [0.25, 0.3) is 0 Å². The molecule has 1 saturated carbocycles. The van der Waals surface area contributed by atoms with Crippen LogP contribution in [0.2, 0.25) is 0 Å². The topological polar surface area (TPSA) is 66.9 Å². The molecular weight excluding hydrogens is 308 g/mol. The van der Waals surface area contributed by atoms with Gasteiger partial charge in [-0.25, -0.2) is 4.79 Å². The monoisotopic (exact) mass is 330 g/mol. The summed E-state index contributed by atoms with van der Waals surface area (Å²) in [5, 5.41) is 0. The number of hydrogen-bond acceptors (Lipinski definition) is 4. The summed E-state index contributed by atoms with van der Waals surface area (Å²) < 4.78 is 4.73. The van der Waals surface area contributed by atoms with Crippen LogP contribution in [-0.4, -0.2) is 60.4 Å². The van der Waals surface area contributed by atoms with Crippen molar-refractivity contribution in [1.29, 1.82) is 0 Å². The average molecular weight is 330 g/mol. The Labute approximate surface area is 141 Å². The Morgan fingerprint density at radius 1 is 1.04 bits per heavy atom. The Morgan fingerprint density at radius 2 is 1.67 bits per heavy atom. The molecule has 6 heteroatoms. The molecule has 6 nitrogen and oxygen atoms in total. The van der Waals surface area contributed by atoms with Crippen LogP contribution >= 0.6 is 0 Å². The van der Waals surface area contributed by atoms with E-state index in [1.165, 1.54) is 10.5 Å². The number of carbonyl (C=O) groups excluding carboxylic acids is 3. The lowest BCUT2D eigenvalue weighted by molar-refractivity contribution is -0.161. The molecule has 0 aromatic heterocycles. The van der Waals surface area contributed by atoms with Gasteiger partial charge in [0, 0.05) is 32.1 Å². The molecule has 1 saturated heterocycles. The number of nitrogens with zero attached hydrogens (tertiary/aromatic N) is 2. The fourth-order valence-corrected chi connectivity index (χ4v) is 3.22. The Kier molecular flexibility index (Phi) is 4.83. The molecule has 3 rings (SSSR count). The van der Waals surface area contributed by atoms with E-state index >= 15 is 0 Å². The van der Waals surface area contributed by atoms with E-state index in [1.807, 2.05) is 23.1 Å². The maximum atomic E-state index is 12.6. The van der Waals surface area contributed by atoms with Crippen LogP contribution < -0.4 is 0 Å². The van der Waals surface area contributed by atoms with E-state index in [9.17, 15) is 14.4 Å². The number of rotatable bonds is 3. The van der Waals surface area contributed by atoms with Gasteiger partial charge >= 0.3 is 11.9 Å². The van der Waals surface area contributed by atoms with Crippen molar-refractivity contribution in [1.82, 2.24) is 9.80 Å². The minimum absolute atomic E-state index is 0.0553. The SMILES string of the molecule is CCOC(=O)C(=O)N1CCN(C(=O)[C@@H]2C[C@@H]2c2ccccc2)CC1. The summed E-state index contributed by atoms with van der Waals surface area (Å²) in [4.78, 5) is 39.2. The molecule has 0 bridgehead atoms. The quantitative estimate of drug-likeness (QED) is 0.613. The van der Waals surface area contributed by atoms with Crippen LogP contribution in [0, 0.1) is 5.92 Å². The first-order valence-corrected chi connectivity index (χ1v) is 8.41. The second-order valence-corrected chi connectivity index (χ2v) is 6.20. The molecular formula is C18H22N2O4. The zero-order valence-electron chi connectivity index (χ0n) is 13.8. The van der Waals surface area contributed by atoms with E-state index < -0.39 is 11.9 Å². The summed E-state index contributed by atoms with van der Waals surface area (Å²) in [7, 11) is 0. The summed E-state index contributed by atoms with van der Waals surface area (Å²) in [6.45, 7) is 3.56. The van der Waals surface area contributed by atoms with Crippen molar-refractivity contribution < 1.29 is 19.1 Å². The van der Waals surface area contributed by atoms with Gasteiger partial charge in [0.05, 0.1) is 6.61 Å². The lowest BCUT2D eigenvalue weighted by atomic mass is 10.1. The highest BCUT2D eigenvalue weighted by Gasteiger charge is 2.46. The number of carbonyl (C=O) groups is 3. The van der Waals surface area contributed by atoms with Gasteiger partial charge in [-0.3, -0.25) is 9.59 Å². The fourth-order valence-electron chi connectivity index (χ4n) is 3.22. The maximum Gasteiger partial charge on any atom is 0.397 e. The van der Waals surface area contributed by atoms with Gasteiger partial charge < -0.3 is 14.5 Å². The van der Waals surface area contributed by atoms with Crippen molar-refractivity contribution >= 4 is 17.8 Å². The van der Waals surface area contributed by atoms with Crippen LogP contribution in [0.3, 0.4) is 0 Å². The molecule has 1 aliphatic heterocycles. The number of ether oxygens (including phenoxy) is 1. The van der Waals surface area contributed by atoms with Crippen molar-refractivity contribution in [2.75, 3.05) is 32.8 Å². The summed E-state index contributed by atoms with van der Waals surface area (Å²) in [6, 6.07) is 10.1. The fraction of sp³-hybridized carbons (Fsp3) is 0.500. The number of esters is 1. The van der Waals surface area contributed by atoms with E-state index in [4.69, 9.17) is 4.74 Å². The molecule has 0 N–H and O–H groups in total. The Bertz CT molecular complexity index is 623.